The number of amides is 1. The van der Waals surface area contributed by atoms with Crippen molar-refractivity contribution >= 4 is 17.5 Å². The maximum atomic E-state index is 12.6. The molecule has 3 heteroatoms. The Hall–Kier alpha value is -0.240. The van der Waals surface area contributed by atoms with Gasteiger partial charge >= 0.3 is 0 Å². The average molecular weight is 310 g/mol. The third-order valence-corrected chi connectivity index (χ3v) is 7.30. The second-order valence-corrected chi connectivity index (χ2v) is 8.92. The van der Waals surface area contributed by atoms with E-state index in [4.69, 9.17) is 11.6 Å². The number of nitrogens with one attached hydrogen (secondary N) is 1. The minimum absolute atomic E-state index is 0.318. The van der Waals surface area contributed by atoms with Crippen LogP contribution in [0.15, 0.2) is 0 Å². The molecule has 0 aromatic heterocycles. The molecular weight excluding hydrogens is 282 g/mol. The third kappa shape index (κ3) is 2.73. The summed E-state index contributed by atoms with van der Waals surface area (Å²) in [5.41, 5.74) is 0.369. The zero-order valence-electron chi connectivity index (χ0n) is 13.0. The van der Waals surface area contributed by atoms with Gasteiger partial charge in [0.15, 0.2) is 0 Å². The predicted molar refractivity (Wildman–Crippen MR) is 85.2 cm³/mol. The number of halogens is 1. The number of rotatable bonds is 4. The highest BCUT2D eigenvalue weighted by Crippen LogP contribution is 2.61. The Morgan fingerprint density at radius 1 is 1.05 bits per heavy atom. The molecule has 118 valence electrons. The number of hydrogen-bond acceptors (Lipinski definition) is 1. The first-order valence-corrected chi connectivity index (χ1v) is 9.54. The van der Waals surface area contributed by atoms with Crippen molar-refractivity contribution in [3.05, 3.63) is 0 Å². The summed E-state index contributed by atoms with van der Waals surface area (Å²) in [4.78, 5) is 12.6. The van der Waals surface area contributed by atoms with E-state index in [2.05, 4.69) is 5.32 Å². The first kappa shape index (κ1) is 14.4. The number of carbonyl (C=O) groups excluding carboxylic acids is 1. The molecule has 5 aliphatic rings. The maximum absolute atomic E-state index is 12.6. The molecule has 0 aromatic carbocycles. The van der Waals surface area contributed by atoms with Crippen molar-refractivity contribution in [2.45, 2.75) is 70.3 Å². The second kappa shape index (κ2) is 5.44. The highest BCUT2D eigenvalue weighted by Gasteiger charge is 2.51. The summed E-state index contributed by atoms with van der Waals surface area (Å²) >= 11 is 6.03. The molecule has 1 amide bonds. The van der Waals surface area contributed by atoms with Crippen LogP contribution in [0.1, 0.15) is 64.2 Å². The molecule has 2 nitrogen and oxygen atoms in total. The SMILES string of the molecule is O=C(CC12CC3CC(CC(C3)C1)C2)NC1CCCC1CCl. The fourth-order valence-electron chi connectivity index (χ4n) is 6.52. The molecule has 5 aliphatic carbocycles. The Morgan fingerprint density at radius 3 is 2.24 bits per heavy atom. The largest absolute Gasteiger partial charge is 0.353 e. The molecule has 2 unspecified atom stereocenters. The van der Waals surface area contributed by atoms with Crippen molar-refractivity contribution in [3.63, 3.8) is 0 Å². The van der Waals surface area contributed by atoms with Crippen LogP contribution < -0.4 is 5.32 Å². The van der Waals surface area contributed by atoms with Crippen LogP contribution in [0.25, 0.3) is 0 Å². The molecule has 1 N–H and O–H groups in total. The number of alkyl halides is 1. The first-order chi connectivity index (χ1) is 10.2. The molecule has 5 saturated carbocycles. The second-order valence-electron chi connectivity index (χ2n) is 8.61. The van der Waals surface area contributed by atoms with Crippen molar-refractivity contribution in [1.29, 1.82) is 0 Å². The van der Waals surface area contributed by atoms with Crippen LogP contribution >= 0.6 is 11.6 Å². The number of carbonyl (C=O) groups is 1. The van der Waals surface area contributed by atoms with E-state index < -0.39 is 0 Å². The van der Waals surface area contributed by atoms with Gasteiger partial charge in [-0.25, -0.2) is 0 Å². The molecule has 2 atom stereocenters. The van der Waals surface area contributed by atoms with Crippen molar-refractivity contribution in [2.24, 2.45) is 29.1 Å². The molecule has 0 spiro atoms. The molecule has 21 heavy (non-hydrogen) atoms. The van der Waals surface area contributed by atoms with E-state index in [1.54, 1.807) is 0 Å². The number of hydrogen-bond donors (Lipinski definition) is 1. The Kier molecular flexibility index (Phi) is 3.72. The molecule has 0 radical (unpaired) electrons. The van der Waals surface area contributed by atoms with Crippen LogP contribution in [-0.4, -0.2) is 17.8 Å². The summed E-state index contributed by atoms with van der Waals surface area (Å²) in [7, 11) is 0. The zero-order valence-corrected chi connectivity index (χ0v) is 13.7. The Balaban J connectivity index is 1.38. The van der Waals surface area contributed by atoms with Crippen LogP contribution in [0.2, 0.25) is 0 Å². The van der Waals surface area contributed by atoms with Gasteiger partial charge in [0.05, 0.1) is 0 Å². The van der Waals surface area contributed by atoms with E-state index >= 15 is 0 Å². The lowest BCUT2D eigenvalue weighted by Gasteiger charge is -2.56. The fourth-order valence-corrected chi connectivity index (χ4v) is 6.89. The lowest BCUT2D eigenvalue weighted by Crippen LogP contribution is -2.49. The van der Waals surface area contributed by atoms with E-state index in [1.807, 2.05) is 0 Å². The highest BCUT2D eigenvalue weighted by atomic mass is 35.5. The average Bonchev–Trinajstić information content (AvgIpc) is 2.83. The molecule has 5 rings (SSSR count). The quantitative estimate of drug-likeness (QED) is 0.778. The van der Waals surface area contributed by atoms with Crippen molar-refractivity contribution in [1.82, 2.24) is 5.32 Å². The van der Waals surface area contributed by atoms with Gasteiger partial charge in [0, 0.05) is 18.3 Å². The van der Waals surface area contributed by atoms with Gasteiger partial charge in [-0.3, -0.25) is 4.79 Å². The van der Waals surface area contributed by atoms with Crippen LogP contribution in [0.4, 0.5) is 0 Å². The van der Waals surface area contributed by atoms with Gasteiger partial charge in [-0.1, -0.05) is 6.42 Å². The van der Waals surface area contributed by atoms with Gasteiger partial charge in [0.1, 0.15) is 0 Å². The minimum atomic E-state index is 0.318. The molecule has 0 heterocycles. The van der Waals surface area contributed by atoms with Crippen LogP contribution in [0.5, 0.6) is 0 Å². The first-order valence-electron chi connectivity index (χ1n) is 9.01. The van der Waals surface area contributed by atoms with Gasteiger partial charge in [0.2, 0.25) is 5.91 Å². The molecule has 0 aliphatic heterocycles. The smallest absolute Gasteiger partial charge is 0.220 e. The van der Waals surface area contributed by atoms with E-state index in [0.717, 1.165) is 30.6 Å². The third-order valence-electron chi connectivity index (χ3n) is 6.90. The zero-order chi connectivity index (χ0) is 14.4. The normalized spacial score (nSPS) is 47.8. The van der Waals surface area contributed by atoms with Gasteiger partial charge < -0.3 is 5.32 Å². The Bertz CT molecular complexity index is 386. The molecule has 4 bridgehead atoms. The van der Waals surface area contributed by atoms with Crippen molar-refractivity contribution in [3.8, 4) is 0 Å². The fraction of sp³-hybridized carbons (Fsp3) is 0.944. The van der Waals surface area contributed by atoms with E-state index in [-0.39, 0.29) is 0 Å². The minimum Gasteiger partial charge on any atom is -0.353 e. The maximum Gasteiger partial charge on any atom is 0.220 e. The van der Waals surface area contributed by atoms with Crippen LogP contribution in [-0.2, 0) is 4.79 Å². The summed E-state index contributed by atoms with van der Waals surface area (Å²) in [6, 6.07) is 0.351. The van der Waals surface area contributed by atoms with E-state index in [9.17, 15) is 4.79 Å². The molecule has 0 saturated heterocycles. The predicted octanol–water partition coefficient (Wildman–Crippen LogP) is 4.12. The summed E-state index contributed by atoms with van der Waals surface area (Å²) in [6.45, 7) is 0. The molecule has 0 aromatic rings. The van der Waals surface area contributed by atoms with Gasteiger partial charge in [-0.2, -0.15) is 0 Å². The van der Waals surface area contributed by atoms with Gasteiger partial charge in [0.25, 0.3) is 0 Å². The summed E-state index contributed by atoms with van der Waals surface area (Å²) in [5.74, 6) is 4.33. The lowest BCUT2D eigenvalue weighted by molar-refractivity contribution is -0.130. The topological polar surface area (TPSA) is 29.1 Å². The summed E-state index contributed by atoms with van der Waals surface area (Å²) in [5, 5.41) is 3.33. The van der Waals surface area contributed by atoms with Gasteiger partial charge in [-0.15, -0.1) is 11.6 Å². The van der Waals surface area contributed by atoms with Crippen molar-refractivity contribution in [2.75, 3.05) is 5.88 Å². The Labute approximate surface area is 133 Å². The summed E-state index contributed by atoms with van der Waals surface area (Å²) in [6.07, 6.45) is 12.7. The van der Waals surface area contributed by atoms with E-state index in [0.29, 0.717) is 29.2 Å². The van der Waals surface area contributed by atoms with Crippen molar-refractivity contribution < 1.29 is 4.79 Å². The van der Waals surface area contributed by atoms with Crippen LogP contribution in [0.3, 0.4) is 0 Å². The monoisotopic (exact) mass is 309 g/mol. The Morgan fingerprint density at radius 2 is 1.67 bits per heavy atom. The summed E-state index contributed by atoms with van der Waals surface area (Å²) < 4.78 is 0. The molecule has 5 fully saturated rings. The lowest BCUT2D eigenvalue weighted by atomic mass is 9.49. The van der Waals surface area contributed by atoms with Gasteiger partial charge in [-0.05, 0) is 80.5 Å². The molecular formula is C18H28ClNO. The van der Waals surface area contributed by atoms with Crippen LogP contribution in [0, 0.1) is 29.1 Å². The van der Waals surface area contributed by atoms with E-state index in [1.165, 1.54) is 51.4 Å². The highest BCUT2D eigenvalue weighted by molar-refractivity contribution is 6.18. The standard InChI is InChI=1S/C18H28ClNO/c19-11-15-2-1-3-16(15)20-17(21)10-18-7-12-4-13(8-18)6-14(5-12)9-18/h12-16H,1-11H2,(H,20,21).